The van der Waals surface area contributed by atoms with Crippen LogP contribution in [0.1, 0.15) is 10.5 Å². The number of aromatic nitrogens is 1. The lowest BCUT2D eigenvalue weighted by molar-refractivity contribution is 0.0691. The minimum atomic E-state index is -1.03. The van der Waals surface area contributed by atoms with Gasteiger partial charge in [-0.2, -0.15) is 0 Å². The highest BCUT2D eigenvalue weighted by Crippen LogP contribution is 2.14. The van der Waals surface area contributed by atoms with Gasteiger partial charge in [-0.05, 0) is 0 Å². The van der Waals surface area contributed by atoms with Crippen molar-refractivity contribution in [2.24, 2.45) is 0 Å². The normalized spacial score (nSPS) is 12.4. The number of hydrogen-bond donors (Lipinski definition) is 2. The highest BCUT2D eigenvalue weighted by molar-refractivity contribution is 7.84. The average Bonchev–Trinajstić information content (AvgIpc) is 2.52. The van der Waals surface area contributed by atoms with Gasteiger partial charge in [0.25, 0.3) is 0 Å². The first-order chi connectivity index (χ1) is 6.59. The number of carboxylic acid groups (broad SMARTS) is 1. The first kappa shape index (κ1) is 11.1. The van der Waals surface area contributed by atoms with E-state index < -0.39 is 16.8 Å². The predicted molar refractivity (Wildman–Crippen MR) is 56.5 cm³/mol. The molecule has 2 N–H and O–H groups in total. The molecule has 1 aromatic heterocycles. The van der Waals surface area contributed by atoms with E-state index in [1.54, 1.807) is 6.26 Å². The lowest BCUT2D eigenvalue weighted by Crippen LogP contribution is -2.09. The van der Waals surface area contributed by atoms with Crippen molar-refractivity contribution in [3.8, 4) is 0 Å². The molecule has 0 bridgehead atoms. The van der Waals surface area contributed by atoms with Crippen LogP contribution >= 0.6 is 11.3 Å². The molecule has 0 amide bonds. The van der Waals surface area contributed by atoms with Crippen LogP contribution in [0, 0.1) is 0 Å². The summed E-state index contributed by atoms with van der Waals surface area (Å²) >= 11 is 1.23. The summed E-state index contributed by atoms with van der Waals surface area (Å²) in [4.78, 5) is 14.3. The Morgan fingerprint density at radius 3 is 3.00 bits per heavy atom. The summed E-state index contributed by atoms with van der Waals surface area (Å²) in [6.45, 7) is 0.537. The standard InChI is InChI=1S/C7H10N2O3S2/c1-14(12)3-2-8-7-9-5(4-13-7)6(10)11/h4H,2-3H2,1H3,(H,8,9)(H,10,11). The molecule has 5 nitrogen and oxygen atoms in total. The van der Waals surface area contributed by atoms with Crippen LogP contribution in [0.25, 0.3) is 0 Å². The zero-order valence-corrected chi connectivity index (χ0v) is 9.15. The third-order valence-electron chi connectivity index (χ3n) is 1.39. The fraction of sp³-hybridized carbons (Fsp3) is 0.429. The zero-order chi connectivity index (χ0) is 10.6. The molecule has 7 heteroatoms. The number of carboxylic acids is 1. The van der Waals surface area contributed by atoms with E-state index in [2.05, 4.69) is 10.3 Å². The molecule has 1 rings (SSSR count). The van der Waals surface area contributed by atoms with E-state index in [9.17, 15) is 9.00 Å². The van der Waals surface area contributed by atoms with Gasteiger partial charge in [-0.25, -0.2) is 9.78 Å². The van der Waals surface area contributed by atoms with E-state index in [1.807, 2.05) is 0 Å². The first-order valence-electron chi connectivity index (χ1n) is 3.82. The molecule has 0 saturated heterocycles. The van der Waals surface area contributed by atoms with E-state index in [-0.39, 0.29) is 5.69 Å². The molecule has 1 unspecified atom stereocenters. The average molecular weight is 234 g/mol. The second-order valence-corrected chi connectivity index (χ2v) is 4.96. The SMILES string of the molecule is CS(=O)CCNc1nc(C(=O)O)cs1. The summed E-state index contributed by atoms with van der Waals surface area (Å²) in [5.41, 5.74) is 0.0371. The van der Waals surface area contributed by atoms with E-state index in [4.69, 9.17) is 5.11 Å². The van der Waals surface area contributed by atoms with Gasteiger partial charge in [0.1, 0.15) is 0 Å². The second kappa shape index (κ2) is 5.06. The number of hydrogen-bond acceptors (Lipinski definition) is 5. The van der Waals surface area contributed by atoms with Crippen molar-refractivity contribution in [2.75, 3.05) is 23.9 Å². The number of nitrogens with zero attached hydrogens (tertiary/aromatic N) is 1. The van der Waals surface area contributed by atoms with Gasteiger partial charge in [0.15, 0.2) is 10.8 Å². The van der Waals surface area contributed by atoms with Crippen LogP contribution in [0.2, 0.25) is 0 Å². The molecule has 0 aliphatic heterocycles. The second-order valence-electron chi connectivity index (χ2n) is 2.55. The van der Waals surface area contributed by atoms with Gasteiger partial charge in [-0.3, -0.25) is 4.21 Å². The number of thiazole rings is 1. The van der Waals surface area contributed by atoms with Crippen LogP contribution in [-0.2, 0) is 10.8 Å². The third-order valence-corrected chi connectivity index (χ3v) is 2.97. The van der Waals surface area contributed by atoms with Crippen LogP contribution in [0.5, 0.6) is 0 Å². The van der Waals surface area contributed by atoms with Crippen molar-refractivity contribution in [3.63, 3.8) is 0 Å². The molecule has 1 heterocycles. The van der Waals surface area contributed by atoms with Gasteiger partial charge in [0.05, 0.1) is 0 Å². The molecule has 0 saturated carbocycles. The lowest BCUT2D eigenvalue weighted by Gasteiger charge is -1.98. The fourth-order valence-electron chi connectivity index (χ4n) is 0.755. The Morgan fingerprint density at radius 1 is 1.79 bits per heavy atom. The van der Waals surface area contributed by atoms with Gasteiger partial charge < -0.3 is 10.4 Å². The Kier molecular flexibility index (Phi) is 4.02. The fourth-order valence-corrected chi connectivity index (χ4v) is 1.86. The topological polar surface area (TPSA) is 79.3 Å². The smallest absolute Gasteiger partial charge is 0.355 e. The van der Waals surface area contributed by atoms with Crippen LogP contribution < -0.4 is 5.32 Å². The number of nitrogens with one attached hydrogen (secondary N) is 1. The molecule has 0 aliphatic carbocycles. The van der Waals surface area contributed by atoms with E-state index in [0.29, 0.717) is 17.4 Å². The molecule has 0 aliphatic rings. The summed E-state index contributed by atoms with van der Waals surface area (Å²) in [5.74, 6) is -0.504. The maximum atomic E-state index is 10.7. The first-order valence-corrected chi connectivity index (χ1v) is 6.43. The van der Waals surface area contributed by atoms with Gasteiger partial charge in [-0.1, -0.05) is 0 Å². The summed E-state index contributed by atoms with van der Waals surface area (Å²) < 4.78 is 10.7. The molecule has 1 aromatic rings. The van der Waals surface area contributed by atoms with Crippen molar-refractivity contribution in [3.05, 3.63) is 11.1 Å². The summed E-state index contributed by atoms with van der Waals surface area (Å²) in [6, 6.07) is 0. The molecule has 0 radical (unpaired) electrons. The predicted octanol–water partition coefficient (Wildman–Crippen LogP) is 0.632. The maximum Gasteiger partial charge on any atom is 0.355 e. The Hall–Kier alpha value is -0.950. The van der Waals surface area contributed by atoms with Crippen LogP contribution in [0.3, 0.4) is 0 Å². The number of aromatic carboxylic acids is 1. The highest BCUT2D eigenvalue weighted by atomic mass is 32.2. The van der Waals surface area contributed by atoms with Crippen LogP contribution in [0.4, 0.5) is 5.13 Å². The molecular weight excluding hydrogens is 224 g/mol. The monoisotopic (exact) mass is 234 g/mol. The minimum absolute atomic E-state index is 0.0371. The van der Waals surface area contributed by atoms with Crippen molar-refractivity contribution in [1.82, 2.24) is 4.98 Å². The Bertz CT molecular complexity index is 350. The van der Waals surface area contributed by atoms with Gasteiger partial charge in [-0.15, -0.1) is 11.3 Å². The van der Waals surface area contributed by atoms with Crippen molar-refractivity contribution in [1.29, 1.82) is 0 Å². The Morgan fingerprint density at radius 2 is 2.50 bits per heavy atom. The Balaban J connectivity index is 2.44. The molecule has 78 valence electrons. The molecule has 0 spiro atoms. The van der Waals surface area contributed by atoms with Crippen molar-refractivity contribution in [2.45, 2.75) is 0 Å². The molecular formula is C7H10N2O3S2. The quantitative estimate of drug-likeness (QED) is 0.781. The largest absolute Gasteiger partial charge is 0.476 e. The number of anilines is 1. The maximum absolute atomic E-state index is 10.7. The third kappa shape index (κ3) is 3.43. The van der Waals surface area contributed by atoms with Crippen molar-refractivity contribution >= 4 is 33.2 Å². The summed E-state index contributed by atoms with van der Waals surface area (Å²) in [5, 5.41) is 13.5. The molecule has 1 atom stereocenters. The molecule has 14 heavy (non-hydrogen) atoms. The highest BCUT2D eigenvalue weighted by Gasteiger charge is 2.07. The summed E-state index contributed by atoms with van der Waals surface area (Å²) in [7, 11) is -0.843. The van der Waals surface area contributed by atoms with Crippen LogP contribution in [0.15, 0.2) is 5.38 Å². The minimum Gasteiger partial charge on any atom is -0.476 e. The van der Waals surface area contributed by atoms with Crippen LogP contribution in [-0.4, -0.2) is 38.8 Å². The molecule has 0 fully saturated rings. The lowest BCUT2D eigenvalue weighted by atomic mass is 10.5. The molecule has 0 aromatic carbocycles. The van der Waals surface area contributed by atoms with E-state index >= 15 is 0 Å². The van der Waals surface area contributed by atoms with Gasteiger partial charge >= 0.3 is 5.97 Å². The Labute approximate surface area is 87.6 Å². The van der Waals surface area contributed by atoms with E-state index in [1.165, 1.54) is 16.7 Å². The van der Waals surface area contributed by atoms with Gasteiger partial charge in [0, 0.05) is 34.7 Å². The zero-order valence-electron chi connectivity index (χ0n) is 7.52. The number of carbonyl (C=O) groups is 1. The van der Waals surface area contributed by atoms with E-state index in [0.717, 1.165) is 0 Å². The van der Waals surface area contributed by atoms with Gasteiger partial charge in [0.2, 0.25) is 0 Å². The number of rotatable bonds is 5. The summed E-state index contributed by atoms with van der Waals surface area (Å²) in [6.07, 6.45) is 1.62. The van der Waals surface area contributed by atoms with Crippen molar-refractivity contribution < 1.29 is 14.1 Å².